The lowest BCUT2D eigenvalue weighted by Gasteiger charge is -2.16. The van der Waals surface area contributed by atoms with Gasteiger partial charge in [0, 0.05) is 6.20 Å². The van der Waals surface area contributed by atoms with Crippen LogP contribution in [0.1, 0.15) is 31.7 Å². The Morgan fingerprint density at radius 3 is 2.75 bits per heavy atom. The molecule has 1 radical (unpaired) electrons. The van der Waals surface area contributed by atoms with Crippen molar-refractivity contribution in [3.63, 3.8) is 0 Å². The molecular weight excluding hydrogens is 271 g/mol. The van der Waals surface area contributed by atoms with Gasteiger partial charge in [-0.3, -0.25) is 0 Å². The van der Waals surface area contributed by atoms with Gasteiger partial charge in [0.2, 0.25) is 0 Å². The zero-order valence-corrected chi connectivity index (χ0v) is 12.1. The molecule has 1 aromatic rings. The minimum absolute atomic E-state index is 0.190. The summed E-state index contributed by atoms with van der Waals surface area (Å²) in [6.45, 7) is 2.17. The fourth-order valence-corrected chi connectivity index (χ4v) is 3.21. The molecule has 2 nitrogen and oxygen atoms in total. The van der Waals surface area contributed by atoms with Crippen LogP contribution in [-0.2, 0) is 0 Å². The van der Waals surface area contributed by atoms with E-state index in [1.54, 1.807) is 0 Å². The van der Waals surface area contributed by atoms with Crippen molar-refractivity contribution in [2.45, 2.75) is 26.2 Å². The number of halogens is 1. The summed E-state index contributed by atoms with van der Waals surface area (Å²) in [5.41, 5.74) is 4.88. The van der Waals surface area contributed by atoms with E-state index in [2.05, 4.69) is 17.6 Å². The van der Waals surface area contributed by atoms with Gasteiger partial charge in [0.1, 0.15) is 5.82 Å². The first-order valence-corrected chi connectivity index (χ1v) is 7.21. The van der Waals surface area contributed by atoms with E-state index in [1.807, 2.05) is 18.3 Å². The summed E-state index contributed by atoms with van der Waals surface area (Å²) in [5, 5.41) is 7.82. The highest BCUT2D eigenvalue weighted by Gasteiger charge is 2.27. The number of hydrogen-bond donors (Lipinski definition) is 1. The third-order valence-corrected chi connectivity index (χ3v) is 4.16. The number of allylic oxidation sites excluding steroid dienone is 3. The molecule has 0 bridgehead atoms. The lowest BCUT2D eigenvalue weighted by molar-refractivity contribution is 0.622. The Balaban J connectivity index is 1.82. The SMILES string of the molecule is CC1=C(c2ccc(F)cc2)C(CC2=CNC(=S)[N]2)CC1. The molecule has 0 amide bonds. The second kappa shape index (κ2) is 5.37. The highest BCUT2D eigenvalue weighted by molar-refractivity contribution is 7.80. The third kappa shape index (κ3) is 2.61. The fourth-order valence-electron chi connectivity index (χ4n) is 3.03. The number of hydrogen-bond acceptors (Lipinski definition) is 1. The number of benzene rings is 1. The normalized spacial score (nSPS) is 21.8. The summed E-state index contributed by atoms with van der Waals surface area (Å²) in [6.07, 6.45) is 5.00. The van der Waals surface area contributed by atoms with Gasteiger partial charge < -0.3 is 5.32 Å². The van der Waals surface area contributed by atoms with E-state index < -0.39 is 0 Å². The lowest BCUT2D eigenvalue weighted by atomic mass is 9.90. The Labute approximate surface area is 123 Å². The van der Waals surface area contributed by atoms with E-state index in [9.17, 15) is 4.39 Å². The van der Waals surface area contributed by atoms with Crippen molar-refractivity contribution in [1.82, 2.24) is 10.6 Å². The summed E-state index contributed by atoms with van der Waals surface area (Å²) in [4.78, 5) is 0. The van der Waals surface area contributed by atoms with Crippen molar-refractivity contribution < 1.29 is 4.39 Å². The van der Waals surface area contributed by atoms with Crippen LogP contribution >= 0.6 is 12.2 Å². The molecule has 4 heteroatoms. The Morgan fingerprint density at radius 2 is 2.10 bits per heavy atom. The predicted octanol–water partition coefficient (Wildman–Crippen LogP) is 3.73. The molecule has 1 aromatic carbocycles. The van der Waals surface area contributed by atoms with Gasteiger partial charge in [0.05, 0.1) is 5.70 Å². The van der Waals surface area contributed by atoms with Crippen LogP contribution in [0.4, 0.5) is 4.39 Å². The molecule has 1 heterocycles. The molecule has 3 rings (SSSR count). The lowest BCUT2D eigenvalue weighted by Crippen LogP contribution is -2.16. The molecule has 1 aliphatic carbocycles. The van der Waals surface area contributed by atoms with E-state index in [0.717, 1.165) is 30.5 Å². The van der Waals surface area contributed by atoms with Gasteiger partial charge in [-0.1, -0.05) is 17.7 Å². The van der Waals surface area contributed by atoms with Crippen molar-refractivity contribution in [2.24, 2.45) is 5.92 Å². The van der Waals surface area contributed by atoms with Gasteiger partial charge in [-0.25, -0.2) is 9.71 Å². The van der Waals surface area contributed by atoms with Gasteiger partial charge in [0.25, 0.3) is 0 Å². The molecule has 1 aliphatic heterocycles. The van der Waals surface area contributed by atoms with E-state index in [-0.39, 0.29) is 5.82 Å². The largest absolute Gasteiger partial charge is 0.336 e. The second-order valence-electron chi connectivity index (χ2n) is 5.34. The quantitative estimate of drug-likeness (QED) is 0.857. The summed E-state index contributed by atoms with van der Waals surface area (Å²) in [6, 6.07) is 6.80. The first-order chi connectivity index (χ1) is 9.63. The Kier molecular flexibility index (Phi) is 3.57. The Hall–Kier alpha value is -1.68. The standard InChI is InChI=1S/C16H16FN2S/c1-10-2-3-12(8-14-9-18-16(20)19-14)15(10)11-4-6-13(17)7-5-11/h4-7,9,12H,2-3,8H2,1H3,(H,18,20). The highest BCUT2D eigenvalue weighted by Crippen LogP contribution is 2.41. The molecule has 0 fully saturated rings. The van der Waals surface area contributed by atoms with Crippen LogP contribution in [0.3, 0.4) is 0 Å². The van der Waals surface area contributed by atoms with Crippen molar-refractivity contribution in [1.29, 1.82) is 0 Å². The van der Waals surface area contributed by atoms with Crippen LogP contribution < -0.4 is 10.6 Å². The molecular formula is C16H16FN2S. The zero-order chi connectivity index (χ0) is 14.1. The summed E-state index contributed by atoms with van der Waals surface area (Å²) < 4.78 is 13.1. The highest BCUT2D eigenvalue weighted by atomic mass is 32.1. The van der Waals surface area contributed by atoms with Crippen LogP contribution in [0.2, 0.25) is 0 Å². The summed E-state index contributed by atoms with van der Waals surface area (Å²) in [5.74, 6) is 0.253. The molecule has 1 atom stereocenters. The van der Waals surface area contributed by atoms with Crippen LogP contribution in [0, 0.1) is 11.7 Å². The predicted molar refractivity (Wildman–Crippen MR) is 82.3 cm³/mol. The fraction of sp³-hybridized carbons (Fsp3) is 0.312. The topological polar surface area (TPSA) is 26.1 Å². The van der Waals surface area contributed by atoms with E-state index in [0.29, 0.717) is 11.0 Å². The number of nitrogens with one attached hydrogen (secondary N) is 1. The van der Waals surface area contributed by atoms with Gasteiger partial charge in [-0.2, -0.15) is 0 Å². The molecule has 0 aromatic heterocycles. The van der Waals surface area contributed by atoms with E-state index >= 15 is 0 Å². The molecule has 2 aliphatic rings. The minimum Gasteiger partial charge on any atom is -0.336 e. The van der Waals surface area contributed by atoms with Gasteiger partial charge >= 0.3 is 0 Å². The molecule has 1 N–H and O–H groups in total. The van der Waals surface area contributed by atoms with Crippen LogP contribution in [0.5, 0.6) is 0 Å². The number of rotatable bonds is 3. The second-order valence-corrected chi connectivity index (χ2v) is 5.72. The molecule has 0 saturated heterocycles. The molecule has 20 heavy (non-hydrogen) atoms. The molecule has 103 valence electrons. The maximum absolute atomic E-state index is 13.1. The smallest absolute Gasteiger partial charge is 0.197 e. The average molecular weight is 287 g/mol. The first kappa shape index (κ1) is 13.3. The van der Waals surface area contributed by atoms with Gasteiger partial charge in [-0.05, 0) is 67.6 Å². The molecule has 1 unspecified atom stereocenters. The maximum Gasteiger partial charge on any atom is 0.197 e. The Morgan fingerprint density at radius 1 is 1.35 bits per heavy atom. The van der Waals surface area contributed by atoms with Crippen LogP contribution in [0.25, 0.3) is 5.57 Å². The summed E-state index contributed by atoms with van der Waals surface area (Å²) in [7, 11) is 0. The molecule has 0 spiro atoms. The van der Waals surface area contributed by atoms with Crippen molar-refractivity contribution in [3.05, 3.63) is 53.1 Å². The van der Waals surface area contributed by atoms with E-state index in [1.165, 1.54) is 23.3 Å². The van der Waals surface area contributed by atoms with Crippen LogP contribution in [0.15, 0.2) is 41.7 Å². The summed E-state index contributed by atoms with van der Waals surface area (Å²) >= 11 is 5.01. The number of thiocarbonyl (C=S) groups is 1. The maximum atomic E-state index is 13.1. The first-order valence-electron chi connectivity index (χ1n) is 6.80. The third-order valence-electron chi connectivity index (χ3n) is 3.95. The Bertz CT molecular complexity index is 601. The van der Waals surface area contributed by atoms with Gasteiger partial charge in [-0.15, -0.1) is 0 Å². The van der Waals surface area contributed by atoms with Crippen LogP contribution in [-0.4, -0.2) is 5.11 Å². The van der Waals surface area contributed by atoms with Crippen molar-refractivity contribution in [2.75, 3.05) is 0 Å². The molecule has 0 saturated carbocycles. The average Bonchev–Trinajstić information content (AvgIpc) is 2.98. The number of nitrogens with zero attached hydrogens (tertiary/aromatic N) is 1. The van der Waals surface area contributed by atoms with Crippen molar-refractivity contribution in [3.8, 4) is 0 Å². The van der Waals surface area contributed by atoms with E-state index in [4.69, 9.17) is 12.2 Å². The monoisotopic (exact) mass is 287 g/mol. The van der Waals surface area contributed by atoms with Crippen molar-refractivity contribution >= 4 is 22.9 Å². The minimum atomic E-state index is -0.190. The zero-order valence-electron chi connectivity index (χ0n) is 11.3. The van der Waals surface area contributed by atoms with Gasteiger partial charge in [0.15, 0.2) is 5.11 Å².